The third-order valence-electron chi connectivity index (χ3n) is 5.07. The molecule has 0 aromatic heterocycles. The number of piperidine rings is 2. The molecule has 2 rings (SSSR count). The number of aliphatic hydroxyl groups is 1. The van der Waals surface area contributed by atoms with Crippen molar-refractivity contribution in [3.8, 4) is 0 Å². The summed E-state index contributed by atoms with van der Waals surface area (Å²) in [7, 11) is 0. The van der Waals surface area contributed by atoms with Crippen molar-refractivity contribution >= 4 is 0 Å². The average molecular weight is 347 g/mol. The molecule has 0 bridgehead atoms. The van der Waals surface area contributed by atoms with Crippen LogP contribution in [0.4, 0.5) is 0 Å². The maximum absolute atomic E-state index is 9.80. The summed E-state index contributed by atoms with van der Waals surface area (Å²) >= 11 is 0. The molecule has 1 atom stereocenters. The highest BCUT2D eigenvalue weighted by molar-refractivity contribution is 4.95. The van der Waals surface area contributed by atoms with Gasteiger partial charge in [-0.3, -0.25) is 0 Å². The molecule has 146 valence electrons. The van der Waals surface area contributed by atoms with Crippen molar-refractivity contribution in [2.45, 2.75) is 123 Å². The van der Waals surface area contributed by atoms with Gasteiger partial charge in [-0.25, -0.2) is 0 Å². The number of hydrogen-bond acceptors (Lipinski definition) is 5. The third-order valence-corrected chi connectivity index (χ3v) is 5.07. The van der Waals surface area contributed by atoms with Gasteiger partial charge in [0.05, 0.1) is 6.10 Å². The molecule has 0 aliphatic carbocycles. The Balaban J connectivity index is 0.000000405. The summed E-state index contributed by atoms with van der Waals surface area (Å²) in [5.41, 5.74) is -0.639. The Labute approximate surface area is 149 Å². The van der Waals surface area contributed by atoms with Crippen molar-refractivity contribution in [2.75, 3.05) is 0 Å². The molecule has 0 aromatic rings. The summed E-state index contributed by atoms with van der Waals surface area (Å²) in [4.78, 5) is 0. The van der Waals surface area contributed by atoms with Crippen molar-refractivity contribution < 1.29 is 15.5 Å². The lowest BCUT2D eigenvalue weighted by molar-refractivity contribution is -0.257. The fourth-order valence-corrected chi connectivity index (χ4v) is 3.88. The minimum atomic E-state index is -0.318. The van der Waals surface area contributed by atoms with Crippen molar-refractivity contribution in [3.63, 3.8) is 0 Å². The number of aliphatic hydroxyl groups excluding tert-OH is 1. The largest absolute Gasteiger partial charge is 0.393 e. The molecule has 0 spiro atoms. The number of hydroxylamine groups is 4. The molecule has 0 radical (unpaired) electrons. The van der Waals surface area contributed by atoms with Gasteiger partial charge in [0.25, 0.3) is 0 Å². The molecule has 2 aliphatic rings. The molecule has 5 heteroatoms. The molecule has 2 fully saturated rings. The molecular weight excluding hydrogens is 304 g/mol. The van der Waals surface area contributed by atoms with Gasteiger partial charge in [-0.05, 0) is 80.6 Å². The normalized spacial score (nSPS) is 29.8. The number of rotatable bonds is 0. The van der Waals surface area contributed by atoms with E-state index in [1.54, 1.807) is 0 Å². The number of hydrogen-bond donors (Lipinski definition) is 3. The van der Waals surface area contributed by atoms with Crippen LogP contribution in [-0.4, -0.2) is 54.4 Å². The molecule has 2 saturated heterocycles. The van der Waals surface area contributed by atoms with Crippen LogP contribution in [-0.2, 0) is 0 Å². The van der Waals surface area contributed by atoms with Crippen LogP contribution in [0.1, 0.15) is 94.4 Å². The number of nitrogens with zero attached hydrogens (tertiary/aromatic N) is 2. The van der Waals surface area contributed by atoms with Gasteiger partial charge < -0.3 is 15.5 Å². The molecule has 24 heavy (non-hydrogen) atoms. The van der Waals surface area contributed by atoms with Gasteiger partial charge in [0, 0.05) is 22.7 Å². The van der Waals surface area contributed by atoms with E-state index in [-0.39, 0.29) is 22.7 Å². The zero-order chi connectivity index (χ0) is 19.3. The second-order valence-corrected chi connectivity index (χ2v) is 8.90. The summed E-state index contributed by atoms with van der Waals surface area (Å²) in [6.07, 6.45) is 4.44. The Hall–Kier alpha value is -0.200. The lowest BCUT2D eigenvalue weighted by Crippen LogP contribution is -2.60. The minimum absolute atomic E-state index is 0.00231. The summed E-state index contributed by atoms with van der Waals surface area (Å²) in [5.74, 6) is 0. The Morgan fingerprint density at radius 2 is 1.25 bits per heavy atom. The lowest BCUT2D eigenvalue weighted by atomic mass is 9.80. The van der Waals surface area contributed by atoms with Gasteiger partial charge in [-0.1, -0.05) is 13.8 Å². The monoisotopic (exact) mass is 346 g/mol. The smallest absolute Gasteiger partial charge is 0.0576 e. The van der Waals surface area contributed by atoms with E-state index < -0.39 is 0 Å². The van der Waals surface area contributed by atoms with E-state index >= 15 is 0 Å². The quantitative estimate of drug-likeness (QED) is 0.605. The van der Waals surface area contributed by atoms with Crippen LogP contribution in [0, 0.1) is 0 Å². The van der Waals surface area contributed by atoms with E-state index in [1.165, 1.54) is 16.5 Å². The fraction of sp³-hybridized carbons (Fsp3) is 1.00. The van der Waals surface area contributed by atoms with Crippen LogP contribution in [0.25, 0.3) is 0 Å². The molecule has 3 N–H and O–H groups in total. The van der Waals surface area contributed by atoms with Gasteiger partial charge >= 0.3 is 0 Å². The molecule has 0 saturated carbocycles. The van der Waals surface area contributed by atoms with Gasteiger partial charge in [-0.15, -0.1) is 0 Å². The first-order valence-corrected chi connectivity index (χ1v) is 9.45. The van der Waals surface area contributed by atoms with Gasteiger partial charge in [0.1, 0.15) is 0 Å². The lowest BCUT2D eigenvalue weighted by Gasteiger charge is -2.50. The summed E-state index contributed by atoms with van der Waals surface area (Å²) < 4.78 is 0. The molecule has 2 heterocycles. The van der Waals surface area contributed by atoms with Crippen LogP contribution < -0.4 is 0 Å². The minimum Gasteiger partial charge on any atom is -0.393 e. The summed E-state index contributed by atoms with van der Waals surface area (Å²) in [6.45, 7) is 18.0. The second kappa shape index (κ2) is 8.95. The van der Waals surface area contributed by atoms with Crippen molar-refractivity contribution in [1.29, 1.82) is 0 Å². The first-order valence-electron chi connectivity index (χ1n) is 9.45. The van der Waals surface area contributed by atoms with Crippen LogP contribution in [0.2, 0.25) is 0 Å². The predicted molar refractivity (Wildman–Crippen MR) is 99.4 cm³/mol. The highest BCUT2D eigenvalue weighted by atomic mass is 16.5. The van der Waals surface area contributed by atoms with Crippen molar-refractivity contribution in [2.24, 2.45) is 0 Å². The van der Waals surface area contributed by atoms with E-state index in [0.717, 1.165) is 12.8 Å². The fourth-order valence-electron chi connectivity index (χ4n) is 3.88. The van der Waals surface area contributed by atoms with Gasteiger partial charge in [-0.2, -0.15) is 10.1 Å². The Bertz CT molecular complexity index is 352. The third kappa shape index (κ3) is 6.26. The first kappa shape index (κ1) is 23.8. The maximum Gasteiger partial charge on any atom is 0.0576 e. The molecule has 5 nitrogen and oxygen atoms in total. The molecule has 1 unspecified atom stereocenters. The zero-order valence-electron chi connectivity index (χ0n) is 17.4. The van der Waals surface area contributed by atoms with Gasteiger partial charge in [0.2, 0.25) is 0 Å². The van der Waals surface area contributed by atoms with Crippen LogP contribution in [0.5, 0.6) is 0 Å². The summed E-state index contributed by atoms with van der Waals surface area (Å²) in [5, 5.41) is 31.8. The Morgan fingerprint density at radius 1 is 0.833 bits per heavy atom. The standard InChI is InChI=1S/C9H19NO2.C8H17NO.C2H6/c1-8(2)5-7(11)6-9(3,4)10(8)12;1-7-5-4-6-8(2,3)9(7)10;1-2/h7,11-12H,5-6H2,1-4H3;7,10H,4-6H2,1-3H3;1-2H3. The van der Waals surface area contributed by atoms with E-state index in [0.29, 0.717) is 18.9 Å². The zero-order valence-corrected chi connectivity index (χ0v) is 17.4. The topological polar surface area (TPSA) is 67.2 Å². The maximum atomic E-state index is 9.80. The van der Waals surface area contributed by atoms with Crippen molar-refractivity contribution in [1.82, 2.24) is 10.1 Å². The van der Waals surface area contributed by atoms with Crippen LogP contribution >= 0.6 is 0 Å². The average Bonchev–Trinajstić information content (AvgIpc) is 2.44. The van der Waals surface area contributed by atoms with Crippen LogP contribution in [0.3, 0.4) is 0 Å². The molecule has 2 aliphatic heterocycles. The highest BCUT2D eigenvalue weighted by Crippen LogP contribution is 2.36. The van der Waals surface area contributed by atoms with E-state index in [4.69, 9.17) is 0 Å². The predicted octanol–water partition coefficient (Wildman–Crippen LogP) is 4.44. The van der Waals surface area contributed by atoms with Crippen LogP contribution in [0.15, 0.2) is 0 Å². The van der Waals surface area contributed by atoms with E-state index in [1.807, 2.05) is 41.5 Å². The SMILES string of the molecule is CC.CC1(C)CC(O)CC(C)(C)N1O.CC1CCCC(C)(C)N1O. The Kier molecular flexibility index (Phi) is 8.87. The van der Waals surface area contributed by atoms with Crippen molar-refractivity contribution in [3.05, 3.63) is 0 Å². The Morgan fingerprint density at radius 3 is 1.58 bits per heavy atom. The second-order valence-electron chi connectivity index (χ2n) is 8.90. The van der Waals surface area contributed by atoms with E-state index in [2.05, 4.69) is 20.8 Å². The molecular formula is C19H42N2O3. The molecule has 0 amide bonds. The van der Waals surface area contributed by atoms with E-state index in [9.17, 15) is 15.5 Å². The molecule has 0 aromatic carbocycles. The summed E-state index contributed by atoms with van der Waals surface area (Å²) in [6, 6.07) is 0.337. The first-order chi connectivity index (χ1) is 10.8. The van der Waals surface area contributed by atoms with Gasteiger partial charge in [0.15, 0.2) is 0 Å². The highest BCUT2D eigenvalue weighted by Gasteiger charge is 2.44.